The molecule has 2 aromatic rings. The molecular formula is C23H36N6O. The van der Waals surface area contributed by atoms with Gasteiger partial charge in [0, 0.05) is 38.3 Å². The van der Waals surface area contributed by atoms with Gasteiger partial charge >= 0.3 is 0 Å². The lowest BCUT2D eigenvalue weighted by molar-refractivity contribution is 0.0643. The van der Waals surface area contributed by atoms with Crippen LogP contribution in [0.15, 0.2) is 24.3 Å². The maximum Gasteiger partial charge on any atom is 0.168 e. The smallest absolute Gasteiger partial charge is 0.168 e. The van der Waals surface area contributed by atoms with Crippen molar-refractivity contribution in [2.75, 3.05) is 33.3 Å². The molecule has 7 nitrogen and oxygen atoms in total. The quantitative estimate of drug-likeness (QED) is 0.691. The van der Waals surface area contributed by atoms with Crippen LogP contribution in [-0.4, -0.2) is 63.3 Å². The number of hydrogen-bond donors (Lipinski definition) is 0. The lowest BCUT2D eigenvalue weighted by Crippen LogP contribution is -2.48. The Hall–Kier alpha value is -1.99. The van der Waals surface area contributed by atoms with E-state index in [0.29, 0.717) is 12.0 Å². The predicted molar refractivity (Wildman–Crippen MR) is 117 cm³/mol. The van der Waals surface area contributed by atoms with Crippen molar-refractivity contribution in [2.45, 2.75) is 64.6 Å². The summed E-state index contributed by atoms with van der Waals surface area (Å²) in [6.45, 7) is 9.70. The van der Waals surface area contributed by atoms with Crippen LogP contribution in [0.3, 0.4) is 0 Å². The molecule has 0 spiro atoms. The number of hydrogen-bond acceptors (Lipinski definition) is 6. The molecule has 1 saturated heterocycles. The first-order valence-electron chi connectivity index (χ1n) is 11.5. The van der Waals surface area contributed by atoms with Crippen LogP contribution in [0.2, 0.25) is 0 Å². The average molecular weight is 413 g/mol. The number of tetrazole rings is 1. The van der Waals surface area contributed by atoms with Gasteiger partial charge in [-0.1, -0.05) is 51.3 Å². The average Bonchev–Trinajstić information content (AvgIpc) is 3.25. The van der Waals surface area contributed by atoms with Gasteiger partial charge in [0.15, 0.2) is 5.82 Å². The van der Waals surface area contributed by atoms with E-state index in [1.807, 2.05) is 12.1 Å². The van der Waals surface area contributed by atoms with E-state index in [0.717, 1.165) is 44.3 Å². The van der Waals surface area contributed by atoms with Gasteiger partial charge in [-0.2, -0.15) is 0 Å². The molecule has 0 radical (unpaired) electrons. The van der Waals surface area contributed by atoms with Crippen molar-refractivity contribution in [3.63, 3.8) is 0 Å². The summed E-state index contributed by atoms with van der Waals surface area (Å²) in [5.74, 6) is 2.51. The van der Waals surface area contributed by atoms with Crippen molar-refractivity contribution < 1.29 is 4.74 Å². The predicted octanol–water partition coefficient (Wildman–Crippen LogP) is 3.70. The molecule has 1 atom stereocenters. The molecule has 1 aromatic carbocycles. The zero-order valence-corrected chi connectivity index (χ0v) is 18.7. The second-order valence-electron chi connectivity index (χ2n) is 9.09. The lowest BCUT2D eigenvalue weighted by Gasteiger charge is -2.40. The second kappa shape index (κ2) is 9.88. The molecule has 2 heterocycles. The summed E-state index contributed by atoms with van der Waals surface area (Å²) < 4.78 is 7.69. The van der Waals surface area contributed by atoms with E-state index >= 15 is 0 Å². The third-order valence-corrected chi connectivity index (χ3v) is 6.72. The van der Waals surface area contributed by atoms with Crippen LogP contribution in [0.1, 0.15) is 69.4 Å². The minimum Gasteiger partial charge on any atom is -0.496 e. The molecule has 1 saturated carbocycles. The zero-order valence-electron chi connectivity index (χ0n) is 18.7. The van der Waals surface area contributed by atoms with Crippen molar-refractivity contribution in [2.24, 2.45) is 5.92 Å². The Morgan fingerprint density at radius 1 is 1.03 bits per heavy atom. The number of methoxy groups -OCH3 is 1. The van der Waals surface area contributed by atoms with E-state index in [1.54, 1.807) is 7.11 Å². The van der Waals surface area contributed by atoms with Gasteiger partial charge in [0.2, 0.25) is 0 Å². The van der Waals surface area contributed by atoms with Gasteiger partial charge in [-0.3, -0.25) is 9.80 Å². The van der Waals surface area contributed by atoms with Gasteiger partial charge in [0.05, 0.1) is 19.2 Å². The first-order valence-corrected chi connectivity index (χ1v) is 11.5. The number of para-hydroxylation sites is 1. The van der Waals surface area contributed by atoms with Gasteiger partial charge in [-0.15, -0.1) is 5.10 Å². The summed E-state index contributed by atoms with van der Waals surface area (Å²) in [5.41, 5.74) is 1.26. The van der Waals surface area contributed by atoms with E-state index < -0.39 is 0 Å². The largest absolute Gasteiger partial charge is 0.496 e. The van der Waals surface area contributed by atoms with Crippen molar-refractivity contribution >= 4 is 0 Å². The molecule has 4 rings (SSSR count). The van der Waals surface area contributed by atoms with E-state index in [2.05, 4.69) is 56.0 Å². The van der Waals surface area contributed by atoms with Crippen molar-refractivity contribution in [1.29, 1.82) is 0 Å². The minimum absolute atomic E-state index is 0.273. The van der Waals surface area contributed by atoms with Gasteiger partial charge in [0.25, 0.3) is 0 Å². The van der Waals surface area contributed by atoms with Gasteiger partial charge in [-0.25, -0.2) is 4.68 Å². The number of nitrogens with zero attached hydrogens (tertiary/aromatic N) is 6. The van der Waals surface area contributed by atoms with Crippen molar-refractivity contribution in [3.8, 4) is 5.75 Å². The Morgan fingerprint density at radius 3 is 2.47 bits per heavy atom. The van der Waals surface area contributed by atoms with Gasteiger partial charge < -0.3 is 4.74 Å². The monoisotopic (exact) mass is 412 g/mol. The molecule has 2 aliphatic rings. The Bertz CT molecular complexity index is 792. The maximum absolute atomic E-state index is 5.54. The molecule has 2 fully saturated rings. The first kappa shape index (κ1) is 21.2. The molecular weight excluding hydrogens is 376 g/mol. The van der Waals surface area contributed by atoms with E-state index in [-0.39, 0.29) is 6.04 Å². The number of piperazine rings is 1. The van der Waals surface area contributed by atoms with Crippen LogP contribution >= 0.6 is 0 Å². The Morgan fingerprint density at radius 2 is 1.77 bits per heavy atom. The molecule has 1 aliphatic carbocycles. The molecule has 0 bridgehead atoms. The Labute approximate surface area is 180 Å². The molecule has 1 aromatic heterocycles. The van der Waals surface area contributed by atoms with E-state index in [1.165, 1.54) is 37.7 Å². The van der Waals surface area contributed by atoms with Crippen LogP contribution in [0.4, 0.5) is 0 Å². The summed E-state index contributed by atoms with van der Waals surface area (Å²) in [6.07, 6.45) is 6.33. The maximum atomic E-state index is 5.54. The SMILES string of the molecule is COc1ccccc1CN1CCN([C@@H](c2nnnn2C2CCCCC2)C(C)C)CC1. The zero-order chi connectivity index (χ0) is 20.9. The Balaban J connectivity index is 1.43. The highest BCUT2D eigenvalue weighted by Crippen LogP contribution is 2.33. The molecule has 1 aliphatic heterocycles. The highest BCUT2D eigenvalue weighted by molar-refractivity contribution is 5.33. The molecule has 0 unspecified atom stereocenters. The summed E-state index contributed by atoms with van der Waals surface area (Å²) >= 11 is 0. The standard InChI is InChI=1S/C23H36N6O/c1-18(2)22(23-24-25-26-29(23)20-10-5-4-6-11-20)28-15-13-27(14-16-28)17-19-9-7-8-12-21(19)30-3/h7-9,12,18,20,22H,4-6,10-11,13-17H2,1-3H3/t22-/m1/s1. The van der Waals surface area contributed by atoms with E-state index in [9.17, 15) is 0 Å². The van der Waals surface area contributed by atoms with Crippen LogP contribution < -0.4 is 4.74 Å². The molecule has 7 heteroatoms. The summed E-state index contributed by atoms with van der Waals surface area (Å²) in [5, 5.41) is 13.1. The van der Waals surface area contributed by atoms with Crippen LogP contribution in [0.25, 0.3) is 0 Å². The lowest BCUT2D eigenvalue weighted by atomic mass is 9.94. The van der Waals surface area contributed by atoms with Gasteiger partial charge in [-0.05, 0) is 35.3 Å². The van der Waals surface area contributed by atoms with E-state index in [4.69, 9.17) is 4.74 Å². The third kappa shape index (κ3) is 4.67. The Kier molecular flexibility index (Phi) is 7.00. The van der Waals surface area contributed by atoms with Crippen LogP contribution in [0, 0.1) is 5.92 Å². The molecule has 30 heavy (non-hydrogen) atoms. The van der Waals surface area contributed by atoms with Crippen LogP contribution in [0.5, 0.6) is 5.75 Å². The number of benzene rings is 1. The fraction of sp³-hybridized carbons (Fsp3) is 0.696. The van der Waals surface area contributed by atoms with Gasteiger partial charge in [0.1, 0.15) is 5.75 Å². The van der Waals surface area contributed by atoms with Crippen LogP contribution in [-0.2, 0) is 6.54 Å². The number of rotatable bonds is 7. The molecule has 0 N–H and O–H groups in total. The third-order valence-electron chi connectivity index (χ3n) is 6.72. The first-order chi connectivity index (χ1) is 14.7. The van der Waals surface area contributed by atoms with Crippen molar-refractivity contribution in [1.82, 2.24) is 30.0 Å². The number of aromatic nitrogens is 4. The highest BCUT2D eigenvalue weighted by Gasteiger charge is 2.33. The summed E-state index contributed by atoms with van der Waals surface area (Å²) in [4.78, 5) is 5.12. The molecule has 164 valence electrons. The van der Waals surface area contributed by atoms with Crippen molar-refractivity contribution in [3.05, 3.63) is 35.7 Å². The fourth-order valence-corrected chi connectivity index (χ4v) is 5.14. The second-order valence-corrected chi connectivity index (χ2v) is 9.09. The molecule has 0 amide bonds. The summed E-state index contributed by atoms with van der Waals surface area (Å²) in [7, 11) is 1.75. The minimum atomic E-state index is 0.273. The highest BCUT2D eigenvalue weighted by atomic mass is 16.5. The number of ether oxygens (including phenoxy) is 1. The topological polar surface area (TPSA) is 59.3 Å². The summed E-state index contributed by atoms with van der Waals surface area (Å²) in [6, 6.07) is 9.08. The normalized spacial score (nSPS) is 20.5. The fourth-order valence-electron chi connectivity index (χ4n) is 5.14.